The summed E-state index contributed by atoms with van der Waals surface area (Å²) in [6.07, 6.45) is 9.87. The van der Waals surface area contributed by atoms with Crippen molar-refractivity contribution in [1.82, 2.24) is 0 Å². The Hall–Kier alpha value is 0.486. The molecule has 0 spiro atoms. The van der Waals surface area contributed by atoms with E-state index in [1.165, 1.54) is 6.92 Å². The van der Waals surface area contributed by atoms with E-state index in [2.05, 4.69) is 20.8 Å². The van der Waals surface area contributed by atoms with Gasteiger partial charge in [0, 0.05) is 0 Å². The summed E-state index contributed by atoms with van der Waals surface area (Å²) < 4.78 is 32.9. The van der Waals surface area contributed by atoms with Crippen LogP contribution in [0.3, 0.4) is 0 Å². The molecule has 0 aliphatic heterocycles. The summed E-state index contributed by atoms with van der Waals surface area (Å²) in [6.45, 7) is 11.4. The Morgan fingerprint density at radius 2 is 1.23 bits per heavy atom. The van der Waals surface area contributed by atoms with Gasteiger partial charge in [-0.15, -0.1) is 0 Å². The van der Waals surface area contributed by atoms with E-state index in [4.69, 9.17) is 0 Å². The van der Waals surface area contributed by atoms with Crippen LogP contribution < -0.4 is 51.4 Å². The average molecular weight is 547 g/mol. The van der Waals surface area contributed by atoms with Gasteiger partial charge in [0.25, 0.3) is 10.1 Å². The standard InChI is InChI=1S/C26H50O7S.K.H/c1-7-11-13-21(9-3)17-15-19(5)23(24(27)28)26(25(29)30,34(31,32)33)20(6)16-18-22(10-4)14-12-8-2;;/h19-23H,7-18H2,1-6H3,(H,27,28)(H,29,30)(H,31,32,33);;/q;+1;-1. The van der Waals surface area contributed by atoms with E-state index in [9.17, 15) is 32.8 Å². The second-order valence-corrected chi connectivity index (χ2v) is 11.9. The molecule has 7 nitrogen and oxygen atoms in total. The molecule has 0 saturated heterocycles. The van der Waals surface area contributed by atoms with E-state index in [0.717, 1.165) is 51.4 Å². The van der Waals surface area contributed by atoms with Crippen LogP contribution in [0.5, 0.6) is 0 Å². The van der Waals surface area contributed by atoms with Crippen molar-refractivity contribution in [3.63, 3.8) is 0 Å². The number of hydrogen-bond donors (Lipinski definition) is 3. The molecule has 6 unspecified atom stereocenters. The number of carbonyl (C=O) groups is 2. The van der Waals surface area contributed by atoms with Gasteiger partial charge in [0.05, 0.1) is 5.92 Å². The summed E-state index contributed by atoms with van der Waals surface area (Å²) in [4.78, 5) is 25.0. The van der Waals surface area contributed by atoms with Crippen LogP contribution in [0.25, 0.3) is 0 Å². The normalized spacial score (nSPS) is 17.9. The molecule has 0 heterocycles. The van der Waals surface area contributed by atoms with E-state index in [1.807, 2.05) is 6.92 Å². The summed E-state index contributed by atoms with van der Waals surface area (Å²) in [6, 6.07) is 0. The van der Waals surface area contributed by atoms with Crippen LogP contribution in [0.2, 0.25) is 0 Å². The zero-order valence-corrected chi connectivity index (χ0v) is 27.2. The minimum Gasteiger partial charge on any atom is -1.00 e. The Kier molecular flexibility index (Phi) is 20.1. The first-order valence-corrected chi connectivity index (χ1v) is 14.7. The first-order chi connectivity index (χ1) is 15.8. The second kappa shape index (κ2) is 18.7. The molecule has 3 N–H and O–H groups in total. The first kappa shape index (κ1) is 37.6. The van der Waals surface area contributed by atoms with Gasteiger partial charge in [-0.25, -0.2) is 0 Å². The summed E-state index contributed by atoms with van der Waals surface area (Å²) in [7, 11) is -5.22. The second-order valence-electron chi connectivity index (χ2n) is 10.3. The minimum atomic E-state index is -5.22. The number of carboxylic acids is 2. The molecule has 6 atom stereocenters. The maximum Gasteiger partial charge on any atom is 1.00 e. The Balaban J connectivity index is -0.00000544. The van der Waals surface area contributed by atoms with Crippen LogP contribution in [0, 0.1) is 29.6 Å². The topological polar surface area (TPSA) is 129 Å². The van der Waals surface area contributed by atoms with Gasteiger partial charge in [-0.3, -0.25) is 14.1 Å². The molecule has 0 bridgehead atoms. The molecular weight excluding hydrogens is 495 g/mol. The zero-order chi connectivity index (χ0) is 26.5. The third-order valence-electron chi connectivity index (χ3n) is 7.92. The van der Waals surface area contributed by atoms with Crippen molar-refractivity contribution < 1.29 is 85.6 Å². The van der Waals surface area contributed by atoms with E-state index in [-0.39, 0.29) is 59.2 Å². The molecule has 9 heteroatoms. The van der Waals surface area contributed by atoms with Gasteiger partial charge in [-0.2, -0.15) is 8.42 Å². The molecule has 0 rings (SSSR count). The molecule has 204 valence electrons. The molecule has 0 fully saturated rings. The van der Waals surface area contributed by atoms with Crippen LogP contribution in [-0.2, 0) is 19.7 Å². The Morgan fingerprint density at radius 3 is 1.54 bits per heavy atom. The zero-order valence-electron chi connectivity index (χ0n) is 24.3. The van der Waals surface area contributed by atoms with E-state index in [1.54, 1.807) is 6.92 Å². The summed E-state index contributed by atoms with van der Waals surface area (Å²) >= 11 is 0. The van der Waals surface area contributed by atoms with Gasteiger partial charge < -0.3 is 11.6 Å². The maximum absolute atomic E-state index is 12.7. The maximum atomic E-state index is 12.7. The van der Waals surface area contributed by atoms with Crippen LogP contribution in [0.15, 0.2) is 0 Å². The Bertz CT molecular complexity index is 719. The van der Waals surface area contributed by atoms with Crippen LogP contribution in [-0.4, -0.2) is 39.9 Å². The van der Waals surface area contributed by atoms with Crippen molar-refractivity contribution >= 4 is 22.1 Å². The SMILES string of the molecule is CCCCC(CC)CCC(C)C(C(=O)O)C(C(=O)O)(C(C)CCC(CC)CCCC)S(=O)(=O)O.[H-].[K+]. The number of unbranched alkanes of at least 4 members (excludes halogenated alkanes) is 2. The number of carboxylic acid groups (broad SMARTS) is 2. The van der Waals surface area contributed by atoms with Gasteiger partial charge in [-0.1, -0.05) is 106 Å². The van der Waals surface area contributed by atoms with Crippen molar-refractivity contribution in [2.45, 2.75) is 123 Å². The first-order valence-electron chi connectivity index (χ1n) is 13.3. The van der Waals surface area contributed by atoms with Crippen LogP contribution in [0.4, 0.5) is 0 Å². The molecule has 0 radical (unpaired) electrons. The molecule has 0 aliphatic carbocycles. The van der Waals surface area contributed by atoms with Gasteiger partial charge in [0.15, 0.2) is 0 Å². The summed E-state index contributed by atoms with van der Waals surface area (Å²) in [5.41, 5.74) is 0. The molecule has 0 aromatic carbocycles. The fraction of sp³-hybridized carbons (Fsp3) is 0.923. The number of aliphatic carboxylic acids is 2. The van der Waals surface area contributed by atoms with Gasteiger partial charge >= 0.3 is 63.3 Å². The molecular formula is C26H51KO7S. The third kappa shape index (κ3) is 11.0. The predicted molar refractivity (Wildman–Crippen MR) is 138 cm³/mol. The van der Waals surface area contributed by atoms with Crippen molar-refractivity contribution in [3.05, 3.63) is 0 Å². The fourth-order valence-corrected chi connectivity index (χ4v) is 6.98. The summed E-state index contributed by atoms with van der Waals surface area (Å²) in [5.74, 6) is -6.10. The fourth-order valence-electron chi connectivity index (χ4n) is 5.48. The van der Waals surface area contributed by atoms with Gasteiger partial charge in [-0.05, 0) is 36.5 Å². The predicted octanol–water partition coefficient (Wildman–Crippen LogP) is 3.78. The molecule has 0 aromatic rings. The Labute approximate surface area is 258 Å². The molecule has 0 amide bonds. The third-order valence-corrected chi connectivity index (χ3v) is 9.60. The van der Waals surface area contributed by atoms with Crippen molar-refractivity contribution in [1.29, 1.82) is 0 Å². The molecule has 35 heavy (non-hydrogen) atoms. The number of hydrogen-bond acceptors (Lipinski definition) is 4. The summed E-state index contributed by atoms with van der Waals surface area (Å²) in [5, 5.41) is 20.3. The monoisotopic (exact) mass is 546 g/mol. The average Bonchev–Trinajstić information content (AvgIpc) is 2.75. The van der Waals surface area contributed by atoms with E-state index < -0.39 is 44.6 Å². The largest absolute Gasteiger partial charge is 1.00 e. The quantitative estimate of drug-likeness (QED) is 0.157. The molecule has 0 saturated carbocycles. The van der Waals surface area contributed by atoms with Crippen molar-refractivity contribution in [2.24, 2.45) is 29.6 Å². The van der Waals surface area contributed by atoms with E-state index in [0.29, 0.717) is 31.1 Å². The smallest absolute Gasteiger partial charge is 1.00 e. The Morgan fingerprint density at radius 1 is 0.800 bits per heavy atom. The van der Waals surface area contributed by atoms with Crippen molar-refractivity contribution in [3.8, 4) is 0 Å². The minimum absolute atomic E-state index is 0. The number of rotatable bonds is 20. The van der Waals surface area contributed by atoms with Crippen LogP contribution in [0.1, 0.15) is 120 Å². The molecule has 0 aromatic heterocycles. The van der Waals surface area contributed by atoms with E-state index >= 15 is 0 Å². The van der Waals surface area contributed by atoms with Gasteiger partial charge in [0.1, 0.15) is 0 Å². The van der Waals surface area contributed by atoms with Gasteiger partial charge in [0.2, 0.25) is 4.75 Å². The van der Waals surface area contributed by atoms with Crippen molar-refractivity contribution in [2.75, 3.05) is 0 Å². The van der Waals surface area contributed by atoms with Crippen LogP contribution >= 0.6 is 0 Å². The molecule has 0 aliphatic rings.